The topological polar surface area (TPSA) is 78.4 Å². The number of nitrogens with one attached hydrogen (secondary N) is 2. The minimum atomic E-state index is -0.611. The molecule has 0 fully saturated rings. The van der Waals surface area contributed by atoms with Crippen molar-refractivity contribution in [3.8, 4) is 0 Å². The van der Waals surface area contributed by atoms with Gasteiger partial charge in [-0.2, -0.15) is 0 Å². The summed E-state index contributed by atoms with van der Waals surface area (Å²) >= 11 is 1.35. The first-order chi connectivity index (χ1) is 11.5. The predicted octanol–water partition coefficient (Wildman–Crippen LogP) is 2.63. The Bertz CT molecular complexity index is 685. The molecule has 2 aromatic rings. The molecule has 128 valence electrons. The van der Waals surface area contributed by atoms with Crippen molar-refractivity contribution >= 4 is 23.2 Å². The Morgan fingerprint density at radius 3 is 2.54 bits per heavy atom. The lowest BCUT2D eigenvalue weighted by molar-refractivity contribution is -0.119. The molecule has 1 heterocycles. The normalized spacial score (nSPS) is 13.1. The quantitative estimate of drug-likeness (QED) is 0.721. The molecule has 0 spiro atoms. The van der Waals surface area contributed by atoms with E-state index in [9.17, 15) is 14.7 Å². The Balaban J connectivity index is 1.86. The highest BCUT2D eigenvalue weighted by molar-refractivity contribution is 7.14. The van der Waals surface area contributed by atoms with Crippen molar-refractivity contribution in [3.05, 3.63) is 57.8 Å². The number of carbonyl (C=O) groups is 2. The first kappa shape index (κ1) is 18.2. The van der Waals surface area contributed by atoms with Crippen LogP contribution >= 0.6 is 11.3 Å². The average molecular weight is 346 g/mol. The molecule has 3 N–H and O–H groups in total. The van der Waals surface area contributed by atoms with Crippen molar-refractivity contribution in [1.82, 2.24) is 10.6 Å². The van der Waals surface area contributed by atoms with Gasteiger partial charge in [0.25, 0.3) is 5.91 Å². The number of hydrogen-bond donors (Lipinski definition) is 3. The van der Waals surface area contributed by atoms with Gasteiger partial charge >= 0.3 is 0 Å². The third-order valence-corrected chi connectivity index (χ3v) is 4.62. The van der Waals surface area contributed by atoms with Crippen LogP contribution < -0.4 is 10.6 Å². The molecule has 1 aromatic carbocycles. The van der Waals surface area contributed by atoms with Crippen LogP contribution in [0.25, 0.3) is 0 Å². The van der Waals surface area contributed by atoms with E-state index >= 15 is 0 Å². The molecule has 24 heavy (non-hydrogen) atoms. The first-order valence-corrected chi connectivity index (χ1v) is 8.64. The maximum atomic E-state index is 12.3. The molecule has 0 saturated carbocycles. The molecule has 0 aliphatic rings. The molecule has 2 unspecified atom stereocenters. The minimum absolute atomic E-state index is 0.0991. The van der Waals surface area contributed by atoms with E-state index in [0.29, 0.717) is 17.8 Å². The van der Waals surface area contributed by atoms with Crippen molar-refractivity contribution in [2.45, 2.75) is 39.0 Å². The predicted molar refractivity (Wildman–Crippen MR) is 94.8 cm³/mol. The van der Waals surface area contributed by atoms with Crippen molar-refractivity contribution < 1.29 is 14.7 Å². The summed E-state index contributed by atoms with van der Waals surface area (Å²) in [4.78, 5) is 24.7. The number of aliphatic hydroxyl groups is 1. The lowest BCUT2D eigenvalue weighted by Gasteiger charge is -2.17. The molecule has 2 rings (SSSR count). The van der Waals surface area contributed by atoms with Crippen LogP contribution in [0.5, 0.6) is 0 Å². The molecule has 2 atom stereocenters. The smallest absolute Gasteiger partial charge is 0.261 e. The van der Waals surface area contributed by atoms with Gasteiger partial charge in [-0.1, -0.05) is 30.3 Å². The van der Waals surface area contributed by atoms with Gasteiger partial charge in [0.1, 0.15) is 0 Å². The van der Waals surface area contributed by atoms with E-state index in [2.05, 4.69) is 10.6 Å². The van der Waals surface area contributed by atoms with Crippen molar-refractivity contribution in [2.24, 2.45) is 0 Å². The van der Waals surface area contributed by atoms with Gasteiger partial charge in [0, 0.05) is 17.8 Å². The Hall–Kier alpha value is -2.18. The first-order valence-electron chi connectivity index (χ1n) is 7.82. The summed E-state index contributed by atoms with van der Waals surface area (Å²) in [6, 6.07) is 12.8. The fourth-order valence-corrected chi connectivity index (χ4v) is 3.16. The van der Waals surface area contributed by atoms with Crippen LogP contribution in [0.3, 0.4) is 0 Å². The molecule has 6 heteroatoms. The van der Waals surface area contributed by atoms with Crippen LogP contribution in [-0.2, 0) is 11.3 Å². The number of carbonyl (C=O) groups excluding carboxylic acids is 2. The largest absolute Gasteiger partial charge is 0.388 e. The average Bonchev–Trinajstić information content (AvgIpc) is 3.02. The zero-order valence-electron chi connectivity index (χ0n) is 13.8. The van der Waals surface area contributed by atoms with E-state index in [4.69, 9.17) is 0 Å². The summed E-state index contributed by atoms with van der Waals surface area (Å²) in [5.41, 5.74) is 0.840. The van der Waals surface area contributed by atoms with Crippen LogP contribution in [0.2, 0.25) is 0 Å². The molecular formula is C18H22N2O3S. The van der Waals surface area contributed by atoms with Gasteiger partial charge in [0.15, 0.2) is 0 Å². The maximum Gasteiger partial charge on any atom is 0.261 e. The molecule has 2 amide bonds. The van der Waals surface area contributed by atoms with E-state index < -0.39 is 6.10 Å². The summed E-state index contributed by atoms with van der Waals surface area (Å²) in [5.74, 6) is -0.264. The number of thiophene rings is 1. The second-order valence-corrected chi connectivity index (χ2v) is 6.88. The molecule has 5 nitrogen and oxygen atoms in total. The van der Waals surface area contributed by atoms with Crippen LogP contribution in [0, 0.1) is 0 Å². The van der Waals surface area contributed by atoms with E-state index in [-0.39, 0.29) is 17.9 Å². The molecule has 0 saturated heterocycles. The fourth-order valence-electron chi connectivity index (χ4n) is 2.31. The van der Waals surface area contributed by atoms with E-state index in [1.54, 1.807) is 6.07 Å². The Labute approximate surface area is 145 Å². The number of hydrogen-bond acceptors (Lipinski definition) is 4. The second-order valence-electron chi connectivity index (χ2n) is 5.71. The van der Waals surface area contributed by atoms with Gasteiger partial charge in [0.2, 0.25) is 5.91 Å². The Morgan fingerprint density at radius 2 is 1.88 bits per heavy atom. The number of benzene rings is 1. The highest BCUT2D eigenvalue weighted by Gasteiger charge is 2.16. The van der Waals surface area contributed by atoms with Crippen LogP contribution in [-0.4, -0.2) is 23.0 Å². The van der Waals surface area contributed by atoms with Crippen molar-refractivity contribution in [2.75, 3.05) is 0 Å². The van der Waals surface area contributed by atoms with Crippen LogP contribution in [0.15, 0.2) is 42.5 Å². The highest BCUT2D eigenvalue weighted by atomic mass is 32.1. The summed E-state index contributed by atoms with van der Waals surface area (Å²) in [6.07, 6.45) is -0.167. The second kappa shape index (κ2) is 8.61. The van der Waals surface area contributed by atoms with Crippen molar-refractivity contribution in [3.63, 3.8) is 0 Å². The maximum absolute atomic E-state index is 12.3. The van der Waals surface area contributed by atoms with Gasteiger partial charge in [-0.15, -0.1) is 11.3 Å². The van der Waals surface area contributed by atoms with Gasteiger partial charge in [-0.05, 0) is 31.0 Å². The Kier molecular flexibility index (Phi) is 6.52. The van der Waals surface area contributed by atoms with E-state index in [0.717, 1.165) is 10.4 Å². The van der Waals surface area contributed by atoms with Gasteiger partial charge in [-0.25, -0.2) is 0 Å². The molecule has 0 aliphatic carbocycles. The zero-order chi connectivity index (χ0) is 17.5. The number of rotatable bonds is 7. The third-order valence-electron chi connectivity index (χ3n) is 3.54. The summed E-state index contributed by atoms with van der Waals surface area (Å²) in [5, 5.41) is 15.8. The van der Waals surface area contributed by atoms with E-state index in [1.807, 2.05) is 43.3 Å². The molecule has 1 aromatic heterocycles. The van der Waals surface area contributed by atoms with Gasteiger partial charge in [0.05, 0.1) is 17.5 Å². The summed E-state index contributed by atoms with van der Waals surface area (Å²) in [6.45, 7) is 3.76. The standard InChI is InChI=1S/C18H22N2O3S/c1-12(10-16(22)14-6-4-3-5-7-14)20-18(23)17-9-8-15(24-17)11-19-13(2)21/h3-9,12,16,22H,10-11H2,1-2H3,(H,19,21)(H,20,23). The third kappa shape index (κ3) is 5.47. The van der Waals surface area contributed by atoms with Crippen molar-refractivity contribution in [1.29, 1.82) is 0 Å². The van der Waals surface area contributed by atoms with Gasteiger partial charge in [-0.3, -0.25) is 9.59 Å². The number of amides is 2. The van der Waals surface area contributed by atoms with Gasteiger partial charge < -0.3 is 15.7 Å². The summed E-state index contributed by atoms with van der Waals surface area (Å²) < 4.78 is 0. The molecule has 0 bridgehead atoms. The number of aliphatic hydroxyl groups excluding tert-OH is 1. The summed E-state index contributed by atoms with van der Waals surface area (Å²) in [7, 11) is 0. The zero-order valence-corrected chi connectivity index (χ0v) is 14.6. The minimum Gasteiger partial charge on any atom is -0.388 e. The SMILES string of the molecule is CC(=O)NCc1ccc(C(=O)NC(C)CC(O)c2ccccc2)s1. The molecule has 0 aliphatic heterocycles. The van der Waals surface area contributed by atoms with E-state index in [1.165, 1.54) is 18.3 Å². The lowest BCUT2D eigenvalue weighted by atomic mass is 10.0. The Morgan fingerprint density at radius 1 is 1.17 bits per heavy atom. The highest BCUT2D eigenvalue weighted by Crippen LogP contribution is 2.19. The monoisotopic (exact) mass is 346 g/mol. The van der Waals surface area contributed by atoms with Crippen LogP contribution in [0.1, 0.15) is 46.5 Å². The fraction of sp³-hybridized carbons (Fsp3) is 0.333. The molecular weight excluding hydrogens is 324 g/mol. The molecule has 0 radical (unpaired) electrons. The lowest BCUT2D eigenvalue weighted by Crippen LogP contribution is -2.33. The van der Waals surface area contributed by atoms with Crippen LogP contribution in [0.4, 0.5) is 0 Å².